The Morgan fingerprint density at radius 3 is 2.89 bits per heavy atom. The quantitative estimate of drug-likeness (QED) is 0.594. The molecule has 1 aromatic carbocycles. The third-order valence-electron chi connectivity index (χ3n) is 2.48. The van der Waals surface area contributed by atoms with Gasteiger partial charge in [0.25, 0.3) is 0 Å². The minimum Gasteiger partial charge on any atom is -0.472 e. The molecule has 2 rings (SSSR count). The van der Waals surface area contributed by atoms with Crippen LogP contribution in [0.15, 0.2) is 56.7 Å². The Kier molecular flexibility index (Phi) is 4.84. The molecule has 1 atom stereocenters. The second-order valence-corrected chi connectivity index (χ2v) is 5.00. The van der Waals surface area contributed by atoms with Gasteiger partial charge in [0.05, 0.1) is 12.5 Å². The Bertz CT molecular complexity index is 536. The van der Waals surface area contributed by atoms with Crippen LogP contribution in [0.4, 0.5) is 0 Å². The average molecular weight is 322 g/mol. The van der Waals surface area contributed by atoms with E-state index < -0.39 is 0 Å². The van der Waals surface area contributed by atoms with Crippen molar-refractivity contribution in [3.05, 3.63) is 58.5 Å². The summed E-state index contributed by atoms with van der Waals surface area (Å²) >= 11 is 8.28. The average Bonchev–Trinajstić information content (AvgIpc) is 2.88. The molecule has 1 heterocycles. The van der Waals surface area contributed by atoms with Crippen LogP contribution >= 0.6 is 28.1 Å². The van der Waals surface area contributed by atoms with Gasteiger partial charge in [-0.2, -0.15) is 0 Å². The third-order valence-corrected chi connectivity index (χ3v) is 3.17. The summed E-state index contributed by atoms with van der Waals surface area (Å²) in [6.45, 7) is 0. The predicted molar refractivity (Wildman–Crippen MR) is 81.5 cm³/mol. The molecular weight excluding hydrogens is 310 g/mol. The second-order valence-electron chi connectivity index (χ2n) is 3.75. The molecule has 0 N–H and O–H groups in total. The number of benzene rings is 1. The second kappa shape index (κ2) is 6.61. The first-order valence-electron chi connectivity index (χ1n) is 5.54. The zero-order valence-electron chi connectivity index (χ0n) is 9.62. The Morgan fingerprint density at radius 1 is 1.33 bits per heavy atom. The fraction of sp³-hybridized carbons (Fsp3) is 0.143. The zero-order valence-corrected chi connectivity index (χ0v) is 12.0. The fourth-order valence-electron chi connectivity index (χ4n) is 1.68. The highest BCUT2D eigenvalue weighted by Gasteiger charge is 2.13. The van der Waals surface area contributed by atoms with Gasteiger partial charge < -0.3 is 4.42 Å². The topological polar surface area (TPSA) is 25.5 Å². The molecule has 1 aromatic heterocycles. The smallest absolute Gasteiger partial charge is 0.103 e. The minimum atomic E-state index is -0.0452. The van der Waals surface area contributed by atoms with E-state index >= 15 is 0 Å². The summed E-state index contributed by atoms with van der Waals surface area (Å²) in [4.78, 5) is 4.56. The number of hydrogen-bond donors (Lipinski definition) is 0. The molecule has 18 heavy (non-hydrogen) atoms. The van der Waals surface area contributed by atoms with Gasteiger partial charge in [-0.1, -0.05) is 40.3 Å². The maximum absolute atomic E-state index is 5.14. The molecule has 2 nitrogen and oxygen atoms in total. The van der Waals surface area contributed by atoms with E-state index in [9.17, 15) is 0 Å². The Balaban J connectivity index is 2.33. The van der Waals surface area contributed by atoms with E-state index in [0.29, 0.717) is 6.42 Å². The summed E-state index contributed by atoms with van der Waals surface area (Å²) in [6.07, 6.45) is 5.92. The van der Waals surface area contributed by atoms with Gasteiger partial charge in [-0.25, -0.2) is 0 Å². The van der Waals surface area contributed by atoms with Gasteiger partial charge in [-0.15, -0.1) is 0 Å². The third kappa shape index (κ3) is 3.37. The summed E-state index contributed by atoms with van der Waals surface area (Å²) < 4.78 is 6.18. The van der Waals surface area contributed by atoms with Gasteiger partial charge in [0.1, 0.15) is 6.04 Å². The van der Waals surface area contributed by atoms with Crippen LogP contribution in [0.1, 0.15) is 23.6 Å². The molecule has 0 amide bonds. The van der Waals surface area contributed by atoms with Crippen LogP contribution in [0.25, 0.3) is 0 Å². The van der Waals surface area contributed by atoms with Crippen molar-refractivity contribution >= 4 is 39.7 Å². The molecule has 0 bridgehead atoms. The van der Waals surface area contributed by atoms with E-state index in [1.54, 1.807) is 17.9 Å². The number of thiocarbonyl (C=S) groups is 1. The van der Waals surface area contributed by atoms with E-state index in [2.05, 4.69) is 33.1 Å². The molecule has 4 heteroatoms. The van der Waals surface area contributed by atoms with Crippen molar-refractivity contribution in [1.29, 1.82) is 0 Å². The zero-order chi connectivity index (χ0) is 12.8. The monoisotopic (exact) mass is 321 g/mol. The highest BCUT2D eigenvalue weighted by Crippen LogP contribution is 2.28. The molecule has 0 saturated heterocycles. The number of rotatable bonds is 5. The molecule has 92 valence electrons. The van der Waals surface area contributed by atoms with Crippen LogP contribution < -0.4 is 0 Å². The molecular formula is C14H12BrNOS. The number of nitrogens with zero attached hydrogens (tertiary/aromatic N) is 1. The van der Waals surface area contributed by atoms with Crippen molar-refractivity contribution in [2.45, 2.75) is 12.5 Å². The van der Waals surface area contributed by atoms with E-state index in [4.69, 9.17) is 16.6 Å². The summed E-state index contributed by atoms with van der Waals surface area (Å²) in [5.41, 5.74) is 2.15. The van der Waals surface area contributed by atoms with Crippen LogP contribution in [0, 0.1) is 0 Å². The lowest BCUT2D eigenvalue weighted by atomic mass is 10.0. The fourth-order valence-corrected chi connectivity index (χ4v) is 2.18. The molecule has 2 aromatic rings. The summed E-state index contributed by atoms with van der Waals surface area (Å²) in [5, 5.41) is 1.66. The van der Waals surface area contributed by atoms with Gasteiger partial charge in [-0.3, -0.25) is 4.99 Å². The Morgan fingerprint density at radius 2 is 2.22 bits per heavy atom. The molecule has 1 unspecified atom stereocenters. The molecule has 0 spiro atoms. The molecule has 0 radical (unpaired) electrons. The van der Waals surface area contributed by atoms with E-state index in [1.165, 1.54) is 0 Å². The summed E-state index contributed by atoms with van der Waals surface area (Å²) in [5.74, 6) is 0. The van der Waals surface area contributed by atoms with Gasteiger partial charge >= 0.3 is 0 Å². The lowest BCUT2D eigenvalue weighted by Gasteiger charge is -2.11. The number of furan rings is 1. The lowest BCUT2D eigenvalue weighted by molar-refractivity contribution is 0.562. The van der Waals surface area contributed by atoms with Crippen LogP contribution in [0.3, 0.4) is 0 Å². The van der Waals surface area contributed by atoms with Gasteiger partial charge in [0.2, 0.25) is 0 Å². The normalized spacial score (nSPS) is 12.7. The number of hydrogen-bond acceptors (Lipinski definition) is 3. The van der Waals surface area contributed by atoms with Crippen molar-refractivity contribution < 1.29 is 4.42 Å². The first kappa shape index (κ1) is 13.2. The minimum absolute atomic E-state index is 0.0452. The Hall–Kier alpha value is -1.26. The first-order valence-corrected chi connectivity index (χ1v) is 6.80. The maximum atomic E-state index is 5.14. The maximum Gasteiger partial charge on any atom is 0.103 e. The van der Waals surface area contributed by atoms with Gasteiger partial charge in [0.15, 0.2) is 0 Å². The molecule has 0 aliphatic carbocycles. The van der Waals surface area contributed by atoms with Crippen molar-refractivity contribution in [1.82, 2.24) is 0 Å². The lowest BCUT2D eigenvalue weighted by Crippen LogP contribution is -1.97. The van der Waals surface area contributed by atoms with Crippen LogP contribution in [-0.2, 0) is 0 Å². The highest BCUT2D eigenvalue weighted by atomic mass is 79.9. The van der Waals surface area contributed by atoms with Crippen LogP contribution in [0.2, 0.25) is 0 Å². The molecule has 0 saturated carbocycles. The van der Waals surface area contributed by atoms with Crippen molar-refractivity contribution in [2.75, 3.05) is 0 Å². The van der Waals surface area contributed by atoms with Gasteiger partial charge in [0, 0.05) is 22.7 Å². The molecule has 0 aliphatic rings. The van der Waals surface area contributed by atoms with Crippen LogP contribution in [-0.4, -0.2) is 11.6 Å². The van der Waals surface area contributed by atoms with Crippen molar-refractivity contribution in [2.24, 2.45) is 4.99 Å². The van der Waals surface area contributed by atoms with Crippen LogP contribution in [0.5, 0.6) is 0 Å². The summed E-state index contributed by atoms with van der Waals surface area (Å²) in [7, 11) is 0. The standard InChI is InChI=1S/C14H12BrNOS/c15-13-4-1-3-11(9-13)14(16-6-2-8-18)12-5-7-17-10-12/h1,3-10,14H,2H2. The van der Waals surface area contributed by atoms with Crippen molar-refractivity contribution in [3.8, 4) is 0 Å². The van der Waals surface area contributed by atoms with E-state index in [1.807, 2.05) is 24.4 Å². The highest BCUT2D eigenvalue weighted by molar-refractivity contribution is 9.10. The SMILES string of the molecule is S=CCC=NC(c1ccoc1)c1cccc(Br)c1. The number of halogens is 1. The Labute approximate surface area is 120 Å². The predicted octanol–water partition coefficient (Wildman–Crippen LogP) is 4.59. The van der Waals surface area contributed by atoms with E-state index in [-0.39, 0.29) is 6.04 Å². The largest absolute Gasteiger partial charge is 0.472 e. The molecule has 0 fully saturated rings. The van der Waals surface area contributed by atoms with Crippen molar-refractivity contribution in [3.63, 3.8) is 0 Å². The van der Waals surface area contributed by atoms with E-state index in [0.717, 1.165) is 15.6 Å². The number of aliphatic imine (C=N–C) groups is 1. The van der Waals surface area contributed by atoms with Gasteiger partial charge in [-0.05, 0) is 29.1 Å². The molecule has 0 aliphatic heterocycles. The summed E-state index contributed by atoms with van der Waals surface area (Å²) in [6, 6.07) is 10.00. The first-order chi connectivity index (χ1) is 8.81.